The van der Waals surface area contributed by atoms with Crippen molar-refractivity contribution in [1.29, 1.82) is 0 Å². The van der Waals surface area contributed by atoms with Crippen molar-refractivity contribution in [2.45, 2.75) is 12.3 Å². The van der Waals surface area contributed by atoms with Crippen LogP contribution >= 0.6 is 0 Å². The number of methoxy groups -OCH3 is 2. The Labute approximate surface area is 146 Å². The van der Waals surface area contributed by atoms with Gasteiger partial charge in [-0.25, -0.2) is 0 Å². The summed E-state index contributed by atoms with van der Waals surface area (Å²) in [5.41, 5.74) is 3.01. The molecule has 0 aromatic heterocycles. The van der Waals surface area contributed by atoms with Crippen LogP contribution in [0.15, 0.2) is 54.6 Å². The summed E-state index contributed by atoms with van der Waals surface area (Å²) in [4.78, 5) is 12.3. The zero-order chi connectivity index (χ0) is 17.4. The highest BCUT2D eigenvalue weighted by molar-refractivity contribution is 6.01. The Morgan fingerprint density at radius 1 is 1.00 bits per heavy atom. The van der Waals surface area contributed by atoms with E-state index in [1.807, 2.05) is 42.5 Å². The van der Waals surface area contributed by atoms with Crippen molar-refractivity contribution in [2.75, 3.05) is 19.5 Å². The zero-order valence-electron chi connectivity index (χ0n) is 14.2. The number of ether oxygens (including phenoxy) is 2. The molecule has 0 bridgehead atoms. The normalized spacial score (nSPS) is 16.2. The Balaban J connectivity index is 1.96. The van der Waals surface area contributed by atoms with Crippen molar-refractivity contribution >= 4 is 22.4 Å². The Morgan fingerprint density at radius 3 is 2.64 bits per heavy atom. The van der Waals surface area contributed by atoms with E-state index in [1.54, 1.807) is 14.2 Å². The minimum atomic E-state index is -0.0595. The maximum absolute atomic E-state index is 12.3. The van der Waals surface area contributed by atoms with Gasteiger partial charge in [-0.2, -0.15) is 0 Å². The average molecular weight is 333 g/mol. The lowest BCUT2D eigenvalue weighted by Gasteiger charge is -2.28. The Hall–Kier alpha value is -3.01. The van der Waals surface area contributed by atoms with Crippen LogP contribution in [0.2, 0.25) is 0 Å². The van der Waals surface area contributed by atoms with Crippen LogP contribution in [0.4, 0.5) is 5.69 Å². The SMILES string of the molecule is COc1ccc(C2CC(=O)Nc3ccc4ccccc4c32)c(OC)c1. The average Bonchev–Trinajstić information content (AvgIpc) is 2.66. The molecule has 4 rings (SSSR count). The van der Waals surface area contributed by atoms with E-state index < -0.39 is 0 Å². The molecule has 0 aliphatic carbocycles. The van der Waals surface area contributed by atoms with Crippen LogP contribution in [0, 0.1) is 0 Å². The fourth-order valence-corrected chi connectivity index (χ4v) is 3.64. The van der Waals surface area contributed by atoms with E-state index in [9.17, 15) is 4.79 Å². The number of anilines is 1. The predicted molar refractivity (Wildman–Crippen MR) is 98.6 cm³/mol. The van der Waals surface area contributed by atoms with E-state index in [1.165, 1.54) is 0 Å². The minimum Gasteiger partial charge on any atom is -0.497 e. The topological polar surface area (TPSA) is 47.6 Å². The van der Waals surface area contributed by atoms with Gasteiger partial charge in [0.15, 0.2) is 0 Å². The summed E-state index contributed by atoms with van der Waals surface area (Å²) in [6, 6.07) is 18.1. The molecule has 126 valence electrons. The molecule has 1 aliphatic heterocycles. The van der Waals surface area contributed by atoms with Gasteiger partial charge in [-0.1, -0.05) is 36.4 Å². The lowest BCUT2D eigenvalue weighted by atomic mass is 9.81. The van der Waals surface area contributed by atoms with Crippen molar-refractivity contribution in [3.63, 3.8) is 0 Å². The molecule has 0 fully saturated rings. The number of hydrogen-bond acceptors (Lipinski definition) is 3. The van der Waals surface area contributed by atoms with Gasteiger partial charge >= 0.3 is 0 Å². The highest BCUT2D eigenvalue weighted by atomic mass is 16.5. The van der Waals surface area contributed by atoms with Crippen molar-refractivity contribution in [3.8, 4) is 11.5 Å². The molecule has 4 nitrogen and oxygen atoms in total. The summed E-state index contributed by atoms with van der Waals surface area (Å²) >= 11 is 0. The summed E-state index contributed by atoms with van der Waals surface area (Å²) < 4.78 is 10.9. The maximum Gasteiger partial charge on any atom is 0.225 e. The van der Waals surface area contributed by atoms with Gasteiger partial charge in [0.1, 0.15) is 11.5 Å². The first-order valence-corrected chi connectivity index (χ1v) is 8.24. The van der Waals surface area contributed by atoms with Crippen molar-refractivity contribution in [3.05, 3.63) is 65.7 Å². The van der Waals surface area contributed by atoms with E-state index in [4.69, 9.17) is 9.47 Å². The summed E-state index contributed by atoms with van der Waals surface area (Å²) in [5.74, 6) is 1.43. The lowest BCUT2D eigenvalue weighted by molar-refractivity contribution is -0.116. The number of rotatable bonds is 3. The fourth-order valence-electron chi connectivity index (χ4n) is 3.64. The molecule has 1 atom stereocenters. The summed E-state index contributed by atoms with van der Waals surface area (Å²) in [7, 11) is 3.27. The van der Waals surface area contributed by atoms with Crippen LogP contribution in [-0.4, -0.2) is 20.1 Å². The predicted octanol–water partition coefficient (Wildman–Crippen LogP) is 4.33. The first-order valence-electron chi connectivity index (χ1n) is 8.24. The molecule has 1 aliphatic rings. The molecule has 1 N–H and O–H groups in total. The third kappa shape index (κ3) is 2.60. The van der Waals surface area contributed by atoms with Gasteiger partial charge in [-0.3, -0.25) is 4.79 Å². The van der Waals surface area contributed by atoms with Gasteiger partial charge in [0, 0.05) is 29.7 Å². The van der Waals surface area contributed by atoms with Gasteiger partial charge in [0.2, 0.25) is 5.91 Å². The highest BCUT2D eigenvalue weighted by Gasteiger charge is 2.30. The van der Waals surface area contributed by atoms with Crippen molar-refractivity contribution in [1.82, 2.24) is 0 Å². The molecule has 0 saturated heterocycles. The van der Waals surface area contributed by atoms with Crippen molar-refractivity contribution < 1.29 is 14.3 Å². The number of benzene rings is 3. The lowest BCUT2D eigenvalue weighted by Crippen LogP contribution is -2.24. The number of carbonyl (C=O) groups is 1. The largest absolute Gasteiger partial charge is 0.497 e. The molecule has 1 heterocycles. The smallest absolute Gasteiger partial charge is 0.225 e. The van der Waals surface area contributed by atoms with E-state index in [-0.39, 0.29) is 11.8 Å². The second-order valence-corrected chi connectivity index (χ2v) is 6.16. The van der Waals surface area contributed by atoms with E-state index >= 15 is 0 Å². The zero-order valence-corrected chi connectivity index (χ0v) is 14.2. The van der Waals surface area contributed by atoms with Gasteiger partial charge < -0.3 is 14.8 Å². The van der Waals surface area contributed by atoms with E-state index in [0.717, 1.165) is 39.1 Å². The number of carbonyl (C=O) groups excluding carboxylic acids is 1. The van der Waals surface area contributed by atoms with Crippen LogP contribution < -0.4 is 14.8 Å². The van der Waals surface area contributed by atoms with E-state index in [2.05, 4.69) is 17.4 Å². The fraction of sp³-hybridized carbons (Fsp3) is 0.190. The van der Waals surface area contributed by atoms with Crippen LogP contribution in [0.25, 0.3) is 10.8 Å². The number of fused-ring (bicyclic) bond motifs is 3. The third-order valence-corrected chi connectivity index (χ3v) is 4.80. The summed E-state index contributed by atoms with van der Waals surface area (Å²) in [5, 5.41) is 5.32. The van der Waals surface area contributed by atoms with Crippen LogP contribution in [0.3, 0.4) is 0 Å². The van der Waals surface area contributed by atoms with Crippen molar-refractivity contribution in [2.24, 2.45) is 0 Å². The molecular formula is C21H19NO3. The number of nitrogens with one attached hydrogen (secondary N) is 1. The standard InChI is InChI=1S/C21H19NO3/c1-24-14-8-9-16(19(11-14)25-2)17-12-20(23)22-18-10-7-13-5-3-4-6-15(13)21(17)18/h3-11,17H,12H2,1-2H3,(H,22,23). The third-order valence-electron chi connectivity index (χ3n) is 4.80. The molecule has 1 amide bonds. The van der Waals surface area contributed by atoms with Gasteiger partial charge in [0.05, 0.1) is 14.2 Å². The van der Waals surface area contributed by atoms with Gasteiger partial charge in [0.25, 0.3) is 0 Å². The molecule has 1 unspecified atom stereocenters. The van der Waals surface area contributed by atoms with Crippen LogP contribution in [0.5, 0.6) is 11.5 Å². The highest BCUT2D eigenvalue weighted by Crippen LogP contribution is 2.44. The van der Waals surface area contributed by atoms with Gasteiger partial charge in [-0.15, -0.1) is 0 Å². The Bertz CT molecular complexity index is 965. The molecular weight excluding hydrogens is 314 g/mol. The first kappa shape index (κ1) is 15.5. The summed E-state index contributed by atoms with van der Waals surface area (Å²) in [6.07, 6.45) is 0.393. The number of hydrogen-bond donors (Lipinski definition) is 1. The Kier molecular flexibility index (Phi) is 3.80. The minimum absolute atomic E-state index is 0.0191. The summed E-state index contributed by atoms with van der Waals surface area (Å²) in [6.45, 7) is 0. The first-order chi connectivity index (χ1) is 12.2. The molecule has 4 heteroatoms. The van der Waals surface area contributed by atoms with Gasteiger partial charge in [-0.05, 0) is 28.5 Å². The molecule has 0 radical (unpaired) electrons. The Morgan fingerprint density at radius 2 is 1.84 bits per heavy atom. The number of amides is 1. The quantitative estimate of drug-likeness (QED) is 0.776. The van der Waals surface area contributed by atoms with E-state index in [0.29, 0.717) is 6.42 Å². The molecule has 25 heavy (non-hydrogen) atoms. The van der Waals surface area contributed by atoms with Crippen LogP contribution in [-0.2, 0) is 4.79 Å². The molecule has 3 aromatic carbocycles. The molecule has 0 saturated carbocycles. The molecule has 3 aromatic rings. The van der Waals surface area contributed by atoms with Crippen LogP contribution in [0.1, 0.15) is 23.5 Å². The second kappa shape index (κ2) is 6.13. The molecule has 0 spiro atoms. The second-order valence-electron chi connectivity index (χ2n) is 6.16. The maximum atomic E-state index is 12.3. The monoisotopic (exact) mass is 333 g/mol.